The van der Waals surface area contributed by atoms with Crippen LogP contribution in [0.15, 0.2) is 67.5 Å². The second-order valence-electron chi connectivity index (χ2n) is 8.86. The van der Waals surface area contributed by atoms with Crippen molar-refractivity contribution in [2.75, 3.05) is 31.3 Å². The number of hydrogen-bond donors (Lipinski definition) is 2. The van der Waals surface area contributed by atoms with Crippen LogP contribution < -0.4 is 25.7 Å². The zero-order valence-corrected chi connectivity index (χ0v) is 33.8. The highest BCUT2D eigenvalue weighted by molar-refractivity contribution is 14.1. The summed E-state index contributed by atoms with van der Waals surface area (Å²) in [5, 5.41) is 24.9. The van der Waals surface area contributed by atoms with Crippen LogP contribution in [-0.2, 0) is 0 Å². The van der Waals surface area contributed by atoms with Crippen molar-refractivity contribution >= 4 is 102 Å². The molecule has 5 aromatic rings. The Balaban J connectivity index is 0.000000233. The van der Waals surface area contributed by atoms with Crippen LogP contribution in [0.5, 0.6) is 17.6 Å². The van der Waals surface area contributed by atoms with Gasteiger partial charge in [-0.1, -0.05) is 11.6 Å². The molecule has 0 aliphatic carbocycles. The van der Waals surface area contributed by atoms with Crippen LogP contribution in [0, 0.1) is 30.9 Å². The molecular formula is C29H30ClI3N10O7. The van der Waals surface area contributed by atoms with Gasteiger partial charge in [0.05, 0.1) is 64.1 Å². The molecule has 0 bridgehead atoms. The topological polar surface area (TPSA) is 235 Å². The maximum Gasteiger partial charge on any atom is 0.288 e. The van der Waals surface area contributed by atoms with Crippen LogP contribution >= 0.6 is 79.4 Å². The summed E-state index contributed by atoms with van der Waals surface area (Å²) in [7, 11) is 0. The molecule has 0 spiro atoms. The van der Waals surface area contributed by atoms with Crippen LogP contribution in [0.2, 0.25) is 5.15 Å². The van der Waals surface area contributed by atoms with E-state index in [4.69, 9.17) is 37.3 Å². The molecule has 0 radical (unpaired) electrons. The van der Waals surface area contributed by atoms with Gasteiger partial charge in [-0.05, 0) is 107 Å². The first kappa shape index (κ1) is 42.3. The van der Waals surface area contributed by atoms with Gasteiger partial charge in [-0.2, -0.15) is 5.10 Å². The molecule has 0 aliphatic heterocycles. The van der Waals surface area contributed by atoms with Crippen LogP contribution in [-0.4, -0.2) is 59.4 Å². The lowest BCUT2D eigenvalue weighted by atomic mass is 10.3. The van der Waals surface area contributed by atoms with E-state index in [2.05, 4.69) is 47.6 Å². The number of halogens is 4. The molecule has 0 saturated heterocycles. The molecule has 50 heavy (non-hydrogen) atoms. The van der Waals surface area contributed by atoms with Gasteiger partial charge in [0.2, 0.25) is 17.6 Å². The lowest BCUT2D eigenvalue weighted by Crippen LogP contribution is -2.04. The number of rotatable bonds is 9. The normalized spacial score (nSPS) is 9.82. The SMILES string of the molecule is CCOc1ncc(N)cc1-n1cccn1.CCOc1ncc(N)cc1I.CCOc1ncc([N+](=O)[O-])cc1I.O=[N+]([O-])c1cnc(Cl)c(I)c1. The Morgan fingerprint density at radius 1 is 0.720 bits per heavy atom. The molecule has 0 aliphatic rings. The van der Waals surface area contributed by atoms with Crippen molar-refractivity contribution in [3.8, 4) is 23.3 Å². The molecule has 0 fully saturated rings. The molecule has 5 aromatic heterocycles. The van der Waals surface area contributed by atoms with E-state index in [1.165, 1.54) is 18.3 Å². The van der Waals surface area contributed by atoms with Gasteiger partial charge in [0, 0.05) is 24.5 Å². The first-order valence-electron chi connectivity index (χ1n) is 14.1. The summed E-state index contributed by atoms with van der Waals surface area (Å²) < 4.78 is 19.6. The fraction of sp³-hybridized carbons (Fsp3) is 0.207. The molecule has 0 saturated carbocycles. The Morgan fingerprint density at radius 2 is 1.18 bits per heavy atom. The maximum atomic E-state index is 10.3. The molecule has 0 aromatic carbocycles. The molecule has 4 N–H and O–H groups in total. The minimum absolute atomic E-state index is 0.0205. The number of pyridine rings is 4. The zero-order chi connectivity index (χ0) is 37.2. The summed E-state index contributed by atoms with van der Waals surface area (Å²) in [4.78, 5) is 35.1. The summed E-state index contributed by atoms with van der Waals surface area (Å²) in [6, 6.07) is 8.25. The molecule has 266 valence electrons. The van der Waals surface area contributed by atoms with Gasteiger partial charge in [-0.3, -0.25) is 20.2 Å². The van der Waals surface area contributed by atoms with Crippen molar-refractivity contribution in [1.29, 1.82) is 0 Å². The Hall–Kier alpha value is -3.91. The van der Waals surface area contributed by atoms with E-state index in [0.717, 1.165) is 15.5 Å². The number of nitrogens with zero attached hydrogens (tertiary/aromatic N) is 8. The molecule has 0 atom stereocenters. The summed E-state index contributed by atoms with van der Waals surface area (Å²) in [6.45, 7) is 7.36. The van der Waals surface area contributed by atoms with Gasteiger partial charge in [0.25, 0.3) is 11.4 Å². The minimum Gasteiger partial charge on any atom is -0.477 e. The van der Waals surface area contributed by atoms with E-state index in [9.17, 15) is 20.2 Å². The fourth-order valence-electron chi connectivity index (χ4n) is 3.23. The third kappa shape index (κ3) is 14.1. The van der Waals surface area contributed by atoms with Crippen LogP contribution in [0.3, 0.4) is 0 Å². The lowest BCUT2D eigenvalue weighted by Gasteiger charge is -2.09. The van der Waals surface area contributed by atoms with Crippen molar-refractivity contribution in [3.05, 3.63) is 104 Å². The molecule has 21 heteroatoms. The Morgan fingerprint density at radius 3 is 1.64 bits per heavy atom. The monoisotopic (exact) mass is 1050 g/mol. The Kier molecular flexibility index (Phi) is 18.6. The predicted octanol–water partition coefficient (Wildman–Crippen LogP) is 7.16. The van der Waals surface area contributed by atoms with E-state index in [1.54, 1.807) is 29.3 Å². The molecule has 5 rings (SSSR count). The number of hydrogen-bond acceptors (Lipinski definition) is 14. The smallest absolute Gasteiger partial charge is 0.288 e. The molecule has 0 amide bonds. The highest BCUT2D eigenvalue weighted by Crippen LogP contribution is 2.23. The third-order valence-corrected chi connectivity index (χ3v) is 8.26. The predicted molar refractivity (Wildman–Crippen MR) is 213 cm³/mol. The second kappa shape index (κ2) is 22.0. The fourth-order valence-corrected chi connectivity index (χ4v) is 5.06. The van der Waals surface area contributed by atoms with E-state index >= 15 is 0 Å². The average molecular weight is 1050 g/mol. The molecule has 0 unspecified atom stereocenters. The largest absolute Gasteiger partial charge is 0.477 e. The summed E-state index contributed by atoms with van der Waals surface area (Å²) in [5.74, 6) is 1.63. The van der Waals surface area contributed by atoms with E-state index in [1.807, 2.05) is 84.3 Å². The highest BCUT2D eigenvalue weighted by atomic mass is 127. The van der Waals surface area contributed by atoms with Gasteiger partial charge < -0.3 is 25.7 Å². The first-order chi connectivity index (χ1) is 23.8. The molecule has 5 heterocycles. The van der Waals surface area contributed by atoms with Crippen LogP contribution in [0.4, 0.5) is 22.7 Å². The number of nitrogens with two attached hydrogens (primary N) is 2. The number of aromatic nitrogens is 6. The van der Waals surface area contributed by atoms with Crippen molar-refractivity contribution < 1.29 is 24.1 Å². The zero-order valence-electron chi connectivity index (χ0n) is 26.6. The average Bonchev–Trinajstić information content (AvgIpc) is 3.62. The minimum atomic E-state index is -0.508. The summed E-state index contributed by atoms with van der Waals surface area (Å²) >= 11 is 11.5. The van der Waals surface area contributed by atoms with Crippen molar-refractivity contribution in [3.63, 3.8) is 0 Å². The highest BCUT2D eigenvalue weighted by Gasteiger charge is 2.11. The molecule has 17 nitrogen and oxygen atoms in total. The third-order valence-electron chi connectivity index (χ3n) is 5.27. The Bertz CT molecular complexity index is 1860. The van der Waals surface area contributed by atoms with Gasteiger partial charge in [0.15, 0.2) is 0 Å². The Labute approximate surface area is 332 Å². The number of nitro groups is 2. The molecular weight excluding hydrogens is 1020 g/mol. The summed E-state index contributed by atoms with van der Waals surface area (Å²) in [5.41, 5.74) is 13.1. The van der Waals surface area contributed by atoms with Crippen molar-refractivity contribution in [1.82, 2.24) is 29.7 Å². The van der Waals surface area contributed by atoms with E-state index in [-0.39, 0.29) is 16.5 Å². The second-order valence-corrected chi connectivity index (χ2v) is 12.7. The quantitative estimate of drug-likeness (QED) is 0.0646. The lowest BCUT2D eigenvalue weighted by molar-refractivity contribution is -0.385. The maximum absolute atomic E-state index is 10.3. The standard InChI is InChI=1S/C10H12N4O.C7H7IN2O3.C7H9IN2O.C5H2ClIN2O2/c1-2-15-10-9(6-8(11)7-12-10)14-5-3-4-13-14;1-2-13-7-6(8)3-5(4-9-7)10(11)12;1-2-11-7-6(8)3-5(9)4-10-7;6-5-4(7)1-3(2-8-5)9(10)11/h3-7H,2,11H2,1H3;3-4H,2H2,1H3;3-4H,2,9H2,1H3;1-2H. The van der Waals surface area contributed by atoms with Gasteiger partial charge >= 0.3 is 0 Å². The van der Waals surface area contributed by atoms with Crippen LogP contribution in [0.25, 0.3) is 5.69 Å². The first-order valence-corrected chi connectivity index (χ1v) is 17.7. The number of nitrogen functional groups attached to an aromatic ring is 2. The van der Waals surface area contributed by atoms with Gasteiger partial charge in [-0.25, -0.2) is 24.6 Å². The van der Waals surface area contributed by atoms with E-state index in [0.29, 0.717) is 56.0 Å². The number of anilines is 2. The van der Waals surface area contributed by atoms with Gasteiger partial charge in [0.1, 0.15) is 23.2 Å². The van der Waals surface area contributed by atoms with Gasteiger partial charge in [-0.15, -0.1) is 0 Å². The van der Waals surface area contributed by atoms with Crippen LogP contribution in [0.1, 0.15) is 20.8 Å². The summed E-state index contributed by atoms with van der Waals surface area (Å²) in [6.07, 6.45) is 8.99. The van der Waals surface area contributed by atoms with Crippen molar-refractivity contribution in [2.24, 2.45) is 0 Å². The number of ether oxygens (including phenoxy) is 3. The van der Waals surface area contributed by atoms with E-state index < -0.39 is 9.85 Å². The van der Waals surface area contributed by atoms with Crippen molar-refractivity contribution in [2.45, 2.75) is 20.8 Å².